The van der Waals surface area contributed by atoms with Crippen molar-refractivity contribution >= 4 is 44.7 Å². The monoisotopic (exact) mass is 529 g/mol. The second-order valence-electron chi connectivity index (χ2n) is 8.53. The van der Waals surface area contributed by atoms with Crippen LogP contribution in [0.15, 0.2) is 85.1 Å². The van der Waals surface area contributed by atoms with Crippen LogP contribution in [-0.2, 0) is 9.59 Å². The molecule has 3 aromatic carbocycles. The van der Waals surface area contributed by atoms with Gasteiger partial charge in [-0.3, -0.25) is 14.6 Å². The van der Waals surface area contributed by atoms with Gasteiger partial charge in [0, 0.05) is 34.6 Å². The maximum absolute atomic E-state index is 14.9. The Bertz CT molecular complexity index is 1650. The second kappa shape index (κ2) is 10.8. The summed E-state index contributed by atoms with van der Waals surface area (Å²) in [6.45, 7) is 2.03. The molecule has 0 aliphatic rings. The summed E-state index contributed by atoms with van der Waals surface area (Å²) in [6, 6.07) is 21.1. The highest BCUT2D eigenvalue weighted by molar-refractivity contribution is 7.22. The Kier molecular flexibility index (Phi) is 7.10. The van der Waals surface area contributed by atoms with Crippen LogP contribution in [0.2, 0.25) is 0 Å². The maximum Gasteiger partial charge on any atom is 0.233 e. The fourth-order valence-electron chi connectivity index (χ4n) is 3.76. The van der Waals surface area contributed by atoms with Crippen molar-refractivity contribution < 1.29 is 23.1 Å². The van der Waals surface area contributed by atoms with Crippen LogP contribution in [0.1, 0.15) is 12.0 Å². The molecule has 0 radical (unpaired) electrons. The number of amides is 2. The van der Waals surface area contributed by atoms with Gasteiger partial charge in [-0.05, 0) is 48.9 Å². The van der Waals surface area contributed by atoms with Crippen LogP contribution < -0.4 is 15.4 Å². The van der Waals surface area contributed by atoms with E-state index in [1.807, 2.05) is 37.3 Å². The molecule has 2 amide bonds. The predicted octanol–water partition coefficient (Wildman–Crippen LogP) is 7.31. The van der Waals surface area contributed by atoms with Gasteiger partial charge in [-0.15, -0.1) is 11.3 Å². The highest BCUT2D eigenvalue weighted by Crippen LogP contribution is 2.39. The summed E-state index contributed by atoms with van der Waals surface area (Å²) in [5.41, 5.74) is 3.36. The van der Waals surface area contributed by atoms with Crippen molar-refractivity contribution in [2.75, 3.05) is 10.6 Å². The van der Waals surface area contributed by atoms with Crippen LogP contribution >= 0.6 is 11.3 Å². The van der Waals surface area contributed by atoms with Crippen molar-refractivity contribution in [2.24, 2.45) is 0 Å². The van der Waals surface area contributed by atoms with E-state index in [9.17, 15) is 18.4 Å². The van der Waals surface area contributed by atoms with E-state index in [1.54, 1.807) is 12.3 Å². The van der Waals surface area contributed by atoms with Gasteiger partial charge in [0.1, 0.15) is 18.0 Å². The van der Waals surface area contributed by atoms with E-state index in [1.165, 1.54) is 47.2 Å². The number of hydrogen-bond donors (Lipinski definition) is 2. The number of hydrogen-bond acceptors (Lipinski definition) is 5. The lowest BCUT2D eigenvalue weighted by Gasteiger charge is -2.10. The number of thiophene rings is 1. The average molecular weight is 530 g/mol. The third kappa shape index (κ3) is 5.84. The number of nitrogens with zero attached hydrogens (tertiary/aromatic N) is 1. The van der Waals surface area contributed by atoms with Gasteiger partial charge in [-0.25, -0.2) is 8.78 Å². The molecule has 0 spiro atoms. The minimum atomic E-state index is -0.688. The van der Waals surface area contributed by atoms with E-state index in [4.69, 9.17) is 4.74 Å². The van der Waals surface area contributed by atoms with Crippen LogP contribution in [0.5, 0.6) is 11.5 Å². The van der Waals surface area contributed by atoms with Gasteiger partial charge in [0.15, 0.2) is 11.6 Å². The topological polar surface area (TPSA) is 80.3 Å². The third-order valence-electron chi connectivity index (χ3n) is 5.58. The molecule has 0 aliphatic carbocycles. The van der Waals surface area contributed by atoms with Gasteiger partial charge >= 0.3 is 0 Å². The number of aromatic nitrogens is 1. The number of rotatable bonds is 7. The summed E-state index contributed by atoms with van der Waals surface area (Å²) in [4.78, 5) is 29.7. The summed E-state index contributed by atoms with van der Waals surface area (Å²) >= 11 is 1.50. The van der Waals surface area contributed by atoms with E-state index < -0.39 is 29.9 Å². The molecule has 0 unspecified atom stereocenters. The minimum absolute atomic E-state index is 0.0235. The number of anilines is 2. The molecule has 0 saturated carbocycles. The standard InChI is InChI=1S/C29H21F2N3O3S/c1-17-5-7-18(8-6-17)26-15-23-29(38-26)25(11-12-32-23)37-24-10-9-21(14-22(24)31)34-28(36)16-27(35)33-20-4-2-3-19(30)13-20/h2-15H,16H2,1H3,(H,33,35)(H,34,36). The molecule has 2 N–H and O–H groups in total. The largest absolute Gasteiger partial charge is 0.453 e. The number of fused-ring (bicyclic) bond motifs is 1. The zero-order valence-electron chi connectivity index (χ0n) is 20.1. The van der Waals surface area contributed by atoms with Gasteiger partial charge in [0.2, 0.25) is 11.8 Å². The summed E-state index contributed by atoms with van der Waals surface area (Å²) in [6.07, 6.45) is 1.08. The maximum atomic E-state index is 14.9. The van der Waals surface area contributed by atoms with Crippen LogP contribution in [-0.4, -0.2) is 16.8 Å². The average Bonchev–Trinajstić information content (AvgIpc) is 3.31. The van der Waals surface area contributed by atoms with Crippen LogP contribution in [0.3, 0.4) is 0 Å². The van der Waals surface area contributed by atoms with E-state index in [0.29, 0.717) is 5.75 Å². The van der Waals surface area contributed by atoms with Crippen molar-refractivity contribution in [3.63, 3.8) is 0 Å². The molecule has 0 saturated heterocycles. The molecule has 2 aromatic heterocycles. The predicted molar refractivity (Wildman–Crippen MR) is 145 cm³/mol. The van der Waals surface area contributed by atoms with Gasteiger partial charge in [-0.2, -0.15) is 0 Å². The number of nitrogens with one attached hydrogen (secondary N) is 2. The molecule has 6 nitrogen and oxygen atoms in total. The zero-order valence-corrected chi connectivity index (χ0v) is 20.9. The Labute approximate surface area is 220 Å². The van der Waals surface area contributed by atoms with Crippen LogP contribution in [0.25, 0.3) is 20.7 Å². The molecule has 190 valence electrons. The fourth-order valence-corrected chi connectivity index (χ4v) is 4.83. The van der Waals surface area contributed by atoms with Crippen molar-refractivity contribution in [3.8, 4) is 21.9 Å². The van der Waals surface area contributed by atoms with E-state index in [-0.39, 0.29) is 17.1 Å². The number of carbonyl (C=O) groups is 2. The molecular formula is C29H21F2N3O3S. The number of aryl methyl sites for hydroxylation is 1. The van der Waals surface area contributed by atoms with Crippen molar-refractivity contribution in [2.45, 2.75) is 13.3 Å². The highest BCUT2D eigenvalue weighted by Gasteiger charge is 2.15. The van der Waals surface area contributed by atoms with Gasteiger partial charge in [-0.1, -0.05) is 35.9 Å². The van der Waals surface area contributed by atoms with Crippen LogP contribution in [0, 0.1) is 18.6 Å². The lowest BCUT2D eigenvalue weighted by molar-refractivity contribution is -0.123. The lowest BCUT2D eigenvalue weighted by Crippen LogP contribution is -2.21. The number of benzene rings is 3. The fraction of sp³-hybridized carbons (Fsp3) is 0.0690. The number of pyridine rings is 1. The van der Waals surface area contributed by atoms with E-state index in [2.05, 4.69) is 15.6 Å². The van der Waals surface area contributed by atoms with Crippen molar-refractivity contribution in [3.05, 3.63) is 102 Å². The first-order chi connectivity index (χ1) is 18.3. The molecule has 2 heterocycles. The Balaban J connectivity index is 1.26. The molecule has 9 heteroatoms. The first-order valence-corrected chi connectivity index (χ1v) is 12.4. The molecule has 38 heavy (non-hydrogen) atoms. The summed E-state index contributed by atoms with van der Waals surface area (Å²) in [7, 11) is 0. The molecule has 0 aliphatic heterocycles. The van der Waals surface area contributed by atoms with Crippen molar-refractivity contribution in [1.29, 1.82) is 0 Å². The number of carbonyl (C=O) groups excluding carboxylic acids is 2. The number of halogens is 2. The Morgan fingerprint density at radius 2 is 1.61 bits per heavy atom. The van der Waals surface area contributed by atoms with Crippen LogP contribution in [0.4, 0.5) is 20.2 Å². The third-order valence-corrected chi connectivity index (χ3v) is 6.76. The summed E-state index contributed by atoms with van der Waals surface area (Å²) in [5, 5.41) is 4.92. The summed E-state index contributed by atoms with van der Waals surface area (Å²) in [5.74, 6) is -2.04. The molecular weight excluding hydrogens is 508 g/mol. The molecule has 0 fully saturated rings. The zero-order chi connectivity index (χ0) is 26.6. The van der Waals surface area contributed by atoms with Crippen molar-refractivity contribution in [1.82, 2.24) is 4.98 Å². The van der Waals surface area contributed by atoms with E-state index in [0.717, 1.165) is 32.8 Å². The Morgan fingerprint density at radius 3 is 2.32 bits per heavy atom. The second-order valence-corrected chi connectivity index (χ2v) is 9.58. The SMILES string of the molecule is Cc1ccc(-c2cc3nccc(Oc4ccc(NC(=O)CC(=O)Nc5cccc(F)c5)cc4F)c3s2)cc1. The number of ether oxygens (including phenoxy) is 1. The normalized spacial score (nSPS) is 10.8. The molecule has 5 aromatic rings. The summed E-state index contributed by atoms with van der Waals surface area (Å²) < 4.78 is 34.8. The van der Waals surface area contributed by atoms with Gasteiger partial charge in [0.25, 0.3) is 0 Å². The lowest BCUT2D eigenvalue weighted by atomic mass is 10.1. The highest BCUT2D eigenvalue weighted by atomic mass is 32.1. The first kappa shape index (κ1) is 25.0. The van der Waals surface area contributed by atoms with E-state index >= 15 is 0 Å². The quantitative estimate of drug-likeness (QED) is 0.217. The Morgan fingerprint density at radius 1 is 0.868 bits per heavy atom. The first-order valence-electron chi connectivity index (χ1n) is 11.6. The van der Waals surface area contributed by atoms with Gasteiger partial charge in [0.05, 0.1) is 10.2 Å². The smallest absolute Gasteiger partial charge is 0.233 e. The molecule has 0 bridgehead atoms. The minimum Gasteiger partial charge on any atom is -0.453 e. The van der Waals surface area contributed by atoms with Gasteiger partial charge < -0.3 is 15.4 Å². The molecule has 5 rings (SSSR count). The molecule has 0 atom stereocenters. The Hall–Kier alpha value is -4.63.